The summed E-state index contributed by atoms with van der Waals surface area (Å²) in [5, 5.41) is 0. The van der Waals surface area contributed by atoms with Crippen molar-refractivity contribution in [2.45, 2.75) is 0 Å². The lowest BCUT2D eigenvalue weighted by molar-refractivity contribution is -0.401. The number of nitrogens with zero attached hydrogens (tertiary/aromatic N) is 3. The van der Waals surface area contributed by atoms with E-state index in [2.05, 4.69) is 4.99 Å². The van der Waals surface area contributed by atoms with Gasteiger partial charge in [-0.25, -0.2) is 9.59 Å². The molecule has 0 fully saturated rings. The first-order valence-corrected chi connectivity index (χ1v) is 6.32. The van der Waals surface area contributed by atoms with Crippen molar-refractivity contribution in [1.29, 1.82) is 0 Å². The maximum absolute atomic E-state index is 12.2. The first kappa shape index (κ1) is 15.4. The van der Waals surface area contributed by atoms with Gasteiger partial charge in [-0.2, -0.15) is 14.5 Å². The summed E-state index contributed by atoms with van der Waals surface area (Å²) in [6, 6.07) is 5.75. The molecule has 1 heterocycles. The lowest BCUT2D eigenvalue weighted by Gasteiger charge is -2.17. The SMILES string of the molecule is COc1cccc(C(=O)N=C2C(=O)N(C)C(=O)[N+](C)=C2N)c1. The number of rotatable bonds is 2. The summed E-state index contributed by atoms with van der Waals surface area (Å²) >= 11 is 0. The van der Waals surface area contributed by atoms with E-state index in [4.69, 9.17) is 10.5 Å². The minimum absolute atomic E-state index is 0.163. The van der Waals surface area contributed by atoms with Crippen molar-refractivity contribution in [3.05, 3.63) is 29.8 Å². The van der Waals surface area contributed by atoms with Crippen LogP contribution in [0.4, 0.5) is 4.79 Å². The molecule has 0 aromatic heterocycles. The van der Waals surface area contributed by atoms with Crippen LogP contribution < -0.4 is 10.5 Å². The van der Waals surface area contributed by atoms with Gasteiger partial charge in [0.05, 0.1) is 21.2 Å². The molecule has 2 N–H and O–H groups in total. The lowest BCUT2D eigenvalue weighted by atomic mass is 10.2. The summed E-state index contributed by atoms with van der Waals surface area (Å²) in [6.45, 7) is 0. The van der Waals surface area contributed by atoms with E-state index in [1.807, 2.05) is 0 Å². The number of carbonyl (C=O) groups is 3. The van der Waals surface area contributed by atoms with Crippen molar-refractivity contribution in [3.8, 4) is 5.75 Å². The normalized spacial score (nSPS) is 17.2. The van der Waals surface area contributed by atoms with Gasteiger partial charge in [-0.15, -0.1) is 0 Å². The highest BCUT2D eigenvalue weighted by Crippen LogP contribution is 2.14. The number of amides is 4. The monoisotopic (exact) mass is 303 g/mol. The van der Waals surface area contributed by atoms with Crippen LogP contribution in [-0.2, 0) is 4.79 Å². The van der Waals surface area contributed by atoms with E-state index < -0.39 is 17.8 Å². The molecule has 0 radical (unpaired) electrons. The minimum Gasteiger partial charge on any atom is -0.497 e. The minimum atomic E-state index is -0.725. The van der Waals surface area contributed by atoms with Crippen LogP contribution in [0.2, 0.25) is 0 Å². The van der Waals surface area contributed by atoms with Crippen LogP contribution in [0.1, 0.15) is 10.4 Å². The fraction of sp³-hybridized carbons (Fsp3) is 0.214. The number of urea groups is 1. The number of methoxy groups -OCH3 is 1. The Morgan fingerprint density at radius 1 is 1.36 bits per heavy atom. The standard InChI is InChI=1S/C14H14N4O4/c1-17-11(15)10(13(20)18(2)14(17)21)16-12(19)8-5-4-6-9(7-8)22-3/h4-7,15H,1-3H3/p+1. The molecule has 0 saturated carbocycles. The van der Waals surface area contributed by atoms with E-state index in [0.29, 0.717) is 5.75 Å². The molecule has 22 heavy (non-hydrogen) atoms. The number of hydrogen-bond acceptors (Lipinski definition) is 5. The molecular weight excluding hydrogens is 288 g/mol. The Labute approximate surface area is 126 Å². The summed E-state index contributed by atoms with van der Waals surface area (Å²) < 4.78 is 6.08. The highest BCUT2D eigenvalue weighted by molar-refractivity contribution is 6.67. The third kappa shape index (κ3) is 2.58. The smallest absolute Gasteiger partial charge is 0.445 e. The molecule has 0 atom stereocenters. The number of carbonyl (C=O) groups excluding carboxylic acids is 3. The van der Waals surface area contributed by atoms with Crippen molar-refractivity contribution < 1.29 is 23.7 Å². The first-order valence-electron chi connectivity index (χ1n) is 6.32. The van der Waals surface area contributed by atoms with Gasteiger partial charge in [0.15, 0.2) is 0 Å². The van der Waals surface area contributed by atoms with Gasteiger partial charge < -0.3 is 10.5 Å². The van der Waals surface area contributed by atoms with Crippen molar-refractivity contribution >= 4 is 29.4 Å². The Kier molecular flexibility index (Phi) is 4.02. The molecule has 0 saturated heterocycles. The Hall–Kier alpha value is -3.03. The van der Waals surface area contributed by atoms with E-state index in [0.717, 1.165) is 9.48 Å². The Bertz CT molecular complexity index is 736. The largest absolute Gasteiger partial charge is 0.497 e. The molecule has 2 rings (SSSR count). The topological polar surface area (TPSA) is 105 Å². The van der Waals surface area contributed by atoms with Gasteiger partial charge in [0.1, 0.15) is 5.75 Å². The molecule has 0 aliphatic carbocycles. The van der Waals surface area contributed by atoms with Crippen LogP contribution in [0.3, 0.4) is 0 Å². The van der Waals surface area contributed by atoms with Crippen molar-refractivity contribution in [3.63, 3.8) is 0 Å². The maximum Gasteiger partial charge on any atom is 0.445 e. The molecule has 1 aliphatic rings. The second-order valence-corrected chi connectivity index (χ2v) is 4.59. The molecular formula is C14H15N4O4+. The lowest BCUT2D eigenvalue weighted by Crippen LogP contribution is -2.55. The Morgan fingerprint density at radius 3 is 2.68 bits per heavy atom. The van der Waals surface area contributed by atoms with Gasteiger partial charge in [-0.3, -0.25) is 4.79 Å². The quantitative estimate of drug-likeness (QED) is 0.766. The molecule has 1 aliphatic heterocycles. The number of aliphatic imine (C=N–C) groups is 1. The second kappa shape index (κ2) is 5.76. The zero-order valence-corrected chi connectivity index (χ0v) is 12.4. The van der Waals surface area contributed by atoms with Gasteiger partial charge in [0, 0.05) is 5.56 Å². The van der Waals surface area contributed by atoms with Gasteiger partial charge in [-0.1, -0.05) is 6.07 Å². The molecule has 4 amide bonds. The van der Waals surface area contributed by atoms with Gasteiger partial charge >= 0.3 is 11.9 Å². The number of amidine groups is 1. The number of ether oxygens (including phenoxy) is 1. The highest BCUT2D eigenvalue weighted by Gasteiger charge is 2.39. The first-order chi connectivity index (χ1) is 10.4. The Morgan fingerprint density at radius 2 is 2.05 bits per heavy atom. The average molecular weight is 303 g/mol. The summed E-state index contributed by atoms with van der Waals surface area (Å²) in [7, 11) is 4.16. The maximum atomic E-state index is 12.2. The molecule has 8 heteroatoms. The highest BCUT2D eigenvalue weighted by atomic mass is 16.5. The number of benzene rings is 1. The van der Waals surface area contributed by atoms with E-state index >= 15 is 0 Å². The summed E-state index contributed by atoms with van der Waals surface area (Å²) in [4.78, 5) is 40.5. The summed E-state index contributed by atoms with van der Waals surface area (Å²) in [5.41, 5.74) is 5.69. The zero-order valence-electron chi connectivity index (χ0n) is 12.4. The number of nitrogens with two attached hydrogens (primary N) is 1. The van der Waals surface area contributed by atoms with Crippen LogP contribution in [-0.4, -0.2) is 60.1 Å². The van der Waals surface area contributed by atoms with Crippen molar-refractivity contribution in [1.82, 2.24) is 4.90 Å². The molecule has 0 unspecified atom stereocenters. The van der Waals surface area contributed by atoms with Crippen molar-refractivity contribution in [2.24, 2.45) is 10.7 Å². The molecule has 1 aromatic rings. The van der Waals surface area contributed by atoms with E-state index in [1.54, 1.807) is 12.1 Å². The molecule has 0 bridgehead atoms. The van der Waals surface area contributed by atoms with E-state index in [1.165, 1.54) is 33.3 Å². The third-order valence-corrected chi connectivity index (χ3v) is 3.22. The van der Waals surface area contributed by atoms with Crippen LogP contribution in [0.25, 0.3) is 0 Å². The van der Waals surface area contributed by atoms with Gasteiger partial charge in [-0.05, 0) is 18.2 Å². The zero-order chi connectivity index (χ0) is 16.4. The van der Waals surface area contributed by atoms with Crippen LogP contribution in [0.5, 0.6) is 5.75 Å². The number of imide groups is 1. The van der Waals surface area contributed by atoms with Gasteiger partial charge in [0.2, 0.25) is 5.71 Å². The van der Waals surface area contributed by atoms with Crippen molar-refractivity contribution in [2.75, 3.05) is 21.2 Å². The van der Waals surface area contributed by atoms with E-state index in [-0.39, 0.29) is 17.1 Å². The fourth-order valence-electron chi connectivity index (χ4n) is 1.87. The van der Waals surface area contributed by atoms with Gasteiger partial charge in [0.25, 0.3) is 11.7 Å². The number of hydrogen-bond donors (Lipinski definition) is 1. The summed E-state index contributed by atoms with van der Waals surface area (Å²) in [6.07, 6.45) is 0. The molecule has 0 spiro atoms. The predicted octanol–water partition coefficient (Wildman–Crippen LogP) is -0.132. The van der Waals surface area contributed by atoms with Crippen LogP contribution >= 0.6 is 0 Å². The second-order valence-electron chi connectivity index (χ2n) is 4.59. The Balaban J connectivity index is 2.45. The van der Waals surface area contributed by atoms with Crippen LogP contribution in [0.15, 0.2) is 29.3 Å². The fourth-order valence-corrected chi connectivity index (χ4v) is 1.87. The third-order valence-electron chi connectivity index (χ3n) is 3.22. The predicted molar refractivity (Wildman–Crippen MR) is 78.3 cm³/mol. The van der Waals surface area contributed by atoms with Crippen LogP contribution in [0, 0.1) is 0 Å². The van der Waals surface area contributed by atoms with E-state index in [9.17, 15) is 14.4 Å². The average Bonchev–Trinajstić information content (AvgIpc) is 2.55. The molecule has 114 valence electrons. The molecule has 8 nitrogen and oxygen atoms in total. The summed E-state index contributed by atoms with van der Waals surface area (Å²) in [5.74, 6) is -1.05. The molecule has 1 aromatic carbocycles.